The number of methoxy groups -OCH3 is 1. The second-order valence-electron chi connectivity index (χ2n) is 3.90. The molecular formula is C14H17NO2S. The molecule has 0 saturated heterocycles. The maximum Gasteiger partial charge on any atom is 0.118 e. The Morgan fingerprint density at radius 1 is 1.22 bits per heavy atom. The van der Waals surface area contributed by atoms with Gasteiger partial charge in [-0.05, 0) is 29.1 Å². The third-order valence-electron chi connectivity index (χ3n) is 2.68. The van der Waals surface area contributed by atoms with Gasteiger partial charge in [0.2, 0.25) is 0 Å². The van der Waals surface area contributed by atoms with Crippen LogP contribution in [0, 0.1) is 0 Å². The summed E-state index contributed by atoms with van der Waals surface area (Å²) >= 11 is 1.67. The first-order chi connectivity index (χ1) is 8.83. The standard InChI is InChI=1S/C14H17NO2S/c1-16-12-6-4-11(5-7-12)10-17-13(9-15)14-3-2-8-18-14/h2-8,13H,9-10,15H2,1H3. The van der Waals surface area contributed by atoms with Crippen molar-refractivity contribution in [3.8, 4) is 5.75 Å². The third-order valence-corrected chi connectivity index (χ3v) is 3.65. The van der Waals surface area contributed by atoms with Crippen molar-refractivity contribution in [2.45, 2.75) is 12.7 Å². The van der Waals surface area contributed by atoms with Gasteiger partial charge in [0.15, 0.2) is 0 Å². The van der Waals surface area contributed by atoms with Gasteiger partial charge >= 0.3 is 0 Å². The van der Waals surface area contributed by atoms with E-state index in [1.54, 1.807) is 18.4 Å². The van der Waals surface area contributed by atoms with Crippen molar-refractivity contribution in [1.82, 2.24) is 0 Å². The average molecular weight is 263 g/mol. The number of hydrogen-bond donors (Lipinski definition) is 1. The summed E-state index contributed by atoms with van der Waals surface area (Å²) in [5.74, 6) is 0.854. The lowest BCUT2D eigenvalue weighted by molar-refractivity contribution is 0.0480. The van der Waals surface area contributed by atoms with Gasteiger partial charge in [-0.3, -0.25) is 0 Å². The van der Waals surface area contributed by atoms with E-state index in [4.69, 9.17) is 15.2 Å². The van der Waals surface area contributed by atoms with Gasteiger partial charge in [-0.25, -0.2) is 0 Å². The minimum absolute atomic E-state index is 0.0212. The summed E-state index contributed by atoms with van der Waals surface area (Å²) in [5, 5.41) is 2.04. The summed E-state index contributed by atoms with van der Waals surface area (Å²) < 4.78 is 11.0. The summed E-state index contributed by atoms with van der Waals surface area (Å²) in [7, 11) is 1.66. The lowest BCUT2D eigenvalue weighted by Crippen LogP contribution is -2.14. The molecule has 2 aromatic rings. The van der Waals surface area contributed by atoms with Gasteiger partial charge in [0.05, 0.1) is 13.7 Å². The molecule has 0 amide bonds. The molecule has 96 valence electrons. The highest BCUT2D eigenvalue weighted by atomic mass is 32.1. The van der Waals surface area contributed by atoms with Gasteiger partial charge in [-0.1, -0.05) is 18.2 Å². The monoisotopic (exact) mass is 263 g/mol. The van der Waals surface area contributed by atoms with E-state index in [0.29, 0.717) is 13.2 Å². The molecule has 2 rings (SSSR count). The van der Waals surface area contributed by atoms with Crippen LogP contribution >= 0.6 is 11.3 Å². The topological polar surface area (TPSA) is 44.5 Å². The van der Waals surface area contributed by atoms with Gasteiger partial charge in [0.1, 0.15) is 11.9 Å². The minimum Gasteiger partial charge on any atom is -0.497 e. The van der Waals surface area contributed by atoms with Crippen molar-refractivity contribution in [2.24, 2.45) is 5.73 Å². The van der Waals surface area contributed by atoms with Gasteiger partial charge in [0, 0.05) is 11.4 Å². The normalized spacial score (nSPS) is 12.3. The Balaban J connectivity index is 1.93. The predicted octanol–water partition coefficient (Wildman–Crippen LogP) is 2.97. The molecular weight excluding hydrogens is 246 g/mol. The Bertz CT molecular complexity index is 453. The van der Waals surface area contributed by atoms with Crippen molar-refractivity contribution in [2.75, 3.05) is 13.7 Å². The second-order valence-corrected chi connectivity index (χ2v) is 4.88. The van der Waals surface area contributed by atoms with Crippen LogP contribution in [0.5, 0.6) is 5.75 Å². The largest absolute Gasteiger partial charge is 0.497 e. The van der Waals surface area contributed by atoms with Crippen molar-refractivity contribution < 1.29 is 9.47 Å². The molecule has 1 heterocycles. The molecule has 1 atom stereocenters. The third kappa shape index (κ3) is 3.32. The fourth-order valence-corrected chi connectivity index (χ4v) is 2.45. The van der Waals surface area contributed by atoms with Gasteiger partial charge in [-0.2, -0.15) is 0 Å². The fraction of sp³-hybridized carbons (Fsp3) is 0.286. The molecule has 0 bridgehead atoms. The molecule has 2 N–H and O–H groups in total. The molecule has 1 aromatic heterocycles. The molecule has 3 nitrogen and oxygen atoms in total. The van der Waals surface area contributed by atoms with Crippen LogP contribution in [-0.4, -0.2) is 13.7 Å². The first-order valence-electron chi connectivity index (χ1n) is 5.81. The molecule has 1 aromatic carbocycles. The van der Waals surface area contributed by atoms with Crippen LogP contribution in [0.3, 0.4) is 0 Å². The maximum absolute atomic E-state index is 5.84. The summed E-state index contributed by atoms with van der Waals surface area (Å²) in [6.45, 7) is 1.06. The zero-order chi connectivity index (χ0) is 12.8. The van der Waals surface area contributed by atoms with Crippen LogP contribution in [-0.2, 0) is 11.3 Å². The van der Waals surface area contributed by atoms with E-state index in [1.165, 1.54) is 4.88 Å². The highest BCUT2D eigenvalue weighted by Crippen LogP contribution is 2.23. The van der Waals surface area contributed by atoms with Gasteiger partial charge in [0.25, 0.3) is 0 Å². The van der Waals surface area contributed by atoms with Crippen LogP contribution in [0.15, 0.2) is 41.8 Å². The Hall–Kier alpha value is -1.36. The average Bonchev–Trinajstić information content (AvgIpc) is 2.94. The van der Waals surface area contributed by atoms with Gasteiger partial charge < -0.3 is 15.2 Å². The van der Waals surface area contributed by atoms with Gasteiger partial charge in [-0.15, -0.1) is 11.3 Å². The number of nitrogens with two attached hydrogens (primary N) is 1. The zero-order valence-corrected chi connectivity index (χ0v) is 11.2. The lowest BCUT2D eigenvalue weighted by atomic mass is 10.2. The first kappa shape index (κ1) is 13.1. The zero-order valence-electron chi connectivity index (χ0n) is 10.3. The van der Waals surface area contributed by atoms with Crippen molar-refractivity contribution in [1.29, 1.82) is 0 Å². The van der Waals surface area contributed by atoms with E-state index in [0.717, 1.165) is 11.3 Å². The van der Waals surface area contributed by atoms with Crippen molar-refractivity contribution in [3.05, 3.63) is 52.2 Å². The van der Waals surface area contributed by atoms with E-state index in [2.05, 4.69) is 6.07 Å². The van der Waals surface area contributed by atoms with Crippen LogP contribution in [0.4, 0.5) is 0 Å². The van der Waals surface area contributed by atoms with E-state index < -0.39 is 0 Å². The Morgan fingerprint density at radius 2 is 2.00 bits per heavy atom. The maximum atomic E-state index is 5.84. The molecule has 4 heteroatoms. The van der Waals surface area contributed by atoms with Crippen LogP contribution < -0.4 is 10.5 Å². The molecule has 0 radical (unpaired) electrons. The summed E-state index contributed by atoms with van der Waals surface area (Å²) in [5.41, 5.74) is 6.85. The first-order valence-corrected chi connectivity index (χ1v) is 6.69. The number of benzene rings is 1. The molecule has 0 aliphatic rings. The lowest BCUT2D eigenvalue weighted by Gasteiger charge is -2.14. The van der Waals surface area contributed by atoms with Crippen LogP contribution in [0.25, 0.3) is 0 Å². The Labute approximate surface area is 111 Å². The Kier molecular flexibility index (Phi) is 4.75. The van der Waals surface area contributed by atoms with E-state index in [1.807, 2.05) is 35.7 Å². The molecule has 0 saturated carbocycles. The second kappa shape index (κ2) is 6.54. The highest BCUT2D eigenvalue weighted by molar-refractivity contribution is 7.10. The highest BCUT2D eigenvalue weighted by Gasteiger charge is 2.10. The van der Waals surface area contributed by atoms with E-state index in [9.17, 15) is 0 Å². The quantitative estimate of drug-likeness (QED) is 0.871. The number of thiophene rings is 1. The number of rotatable bonds is 6. The minimum atomic E-state index is -0.0212. The molecule has 18 heavy (non-hydrogen) atoms. The predicted molar refractivity (Wildman–Crippen MR) is 73.9 cm³/mol. The molecule has 0 aliphatic carbocycles. The molecule has 0 fully saturated rings. The number of hydrogen-bond acceptors (Lipinski definition) is 4. The van der Waals surface area contributed by atoms with E-state index >= 15 is 0 Å². The molecule has 0 spiro atoms. The summed E-state index contributed by atoms with van der Waals surface area (Å²) in [4.78, 5) is 1.17. The van der Waals surface area contributed by atoms with E-state index in [-0.39, 0.29) is 6.10 Å². The van der Waals surface area contributed by atoms with Crippen molar-refractivity contribution in [3.63, 3.8) is 0 Å². The van der Waals surface area contributed by atoms with Crippen LogP contribution in [0.1, 0.15) is 16.5 Å². The molecule has 1 unspecified atom stereocenters. The Morgan fingerprint density at radius 3 is 2.56 bits per heavy atom. The summed E-state index contributed by atoms with van der Waals surface area (Å²) in [6.07, 6.45) is -0.0212. The van der Waals surface area contributed by atoms with Crippen molar-refractivity contribution >= 4 is 11.3 Å². The fourth-order valence-electron chi connectivity index (χ4n) is 1.66. The smallest absolute Gasteiger partial charge is 0.118 e. The summed E-state index contributed by atoms with van der Waals surface area (Å²) in [6, 6.07) is 11.9. The van der Waals surface area contributed by atoms with Crippen LogP contribution in [0.2, 0.25) is 0 Å². The molecule has 0 aliphatic heterocycles. The SMILES string of the molecule is COc1ccc(COC(CN)c2cccs2)cc1. The number of ether oxygens (including phenoxy) is 2.